The maximum atomic E-state index is 12.0. The Morgan fingerprint density at radius 1 is 1.17 bits per heavy atom. The van der Waals surface area contributed by atoms with Crippen molar-refractivity contribution in [2.75, 3.05) is 27.7 Å². The van der Waals surface area contributed by atoms with Crippen LogP contribution < -0.4 is 0 Å². The van der Waals surface area contributed by atoms with Crippen molar-refractivity contribution >= 4 is 20.9 Å². The van der Waals surface area contributed by atoms with Gasteiger partial charge in [-0.05, 0) is 43.8 Å². The van der Waals surface area contributed by atoms with Crippen molar-refractivity contribution in [3.63, 3.8) is 0 Å². The third kappa shape index (κ3) is 3.77. The molecule has 24 heavy (non-hydrogen) atoms. The van der Waals surface area contributed by atoms with Gasteiger partial charge in [-0.1, -0.05) is 6.07 Å². The molecule has 0 spiro atoms. The number of rotatable bonds is 8. The Balaban J connectivity index is 2.43. The molecule has 0 aliphatic carbocycles. The second kappa shape index (κ2) is 7.05. The summed E-state index contributed by atoms with van der Waals surface area (Å²) in [5.74, 6) is -0.349. The molecule has 9 nitrogen and oxygen atoms in total. The first kappa shape index (κ1) is 18.0. The van der Waals surface area contributed by atoms with Crippen LogP contribution in [0.3, 0.4) is 0 Å². The molecule has 0 amide bonds. The standard InChI is InChI=1S/C14H19N5O4S/c1-17(2)7-6-12-9-19(16-21)14-5-4-11(8-13(12)14)10-24(22,23)18(3)15-20/h4-5,8-9H,6-7,10H2,1-3H3. The maximum absolute atomic E-state index is 12.0. The molecule has 0 saturated heterocycles. The van der Waals surface area contributed by atoms with E-state index in [2.05, 4.69) is 10.6 Å². The molecule has 0 bridgehead atoms. The number of nitrogens with zero attached hydrogens (tertiary/aromatic N) is 5. The molecular weight excluding hydrogens is 334 g/mol. The summed E-state index contributed by atoms with van der Waals surface area (Å²) in [7, 11) is 1.16. The number of nitroso groups, excluding NO2 is 2. The zero-order chi connectivity index (χ0) is 17.9. The first-order valence-corrected chi connectivity index (χ1v) is 8.80. The first-order valence-electron chi connectivity index (χ1n) is 7.19. The van der Waals surface area contributed by atoms with Crippen molar-refractivity contribution in [3.8, 4) is 0 Å². The second-order valence-electron chi connectivity index (χ2n) is 5.76. The summed E-state index contributed by atoms with van der Waals surface area (Å²) < 4.78 is 25.6. The van der Waals surface area contributed by atoms with Gasteiger partial charge < -0.3 is 4.90 Å². The van der Waals surface area contributed by atoms with Gasteiger partial charge in [-0.3, -0.25) is 0 Å². The Kier molecular flexibility index (Phi) is 5.30. The third-order valence-corrected chi connectivity index (χ3v) is 5.28. The van der Waals surface area contributed by atoms with Crippen LogP contribution >= 0.6 is 0 Å². The van der Waals surface area contributed by atoms with E-state index < -0.39 is 10.0 Å². The summed E-state index contributed by atoms with van der Waals surface area (Å²) in [6.07, 6.45) is 2.34. The van der Waals surface area contributed by atoms with Crippen LogP contribution in [0.5, 0.6) is 0 Å². The van der Waals surface area contributed by atoms with Crippen molar-refractivity contribution in [2.45, 2.75) is 12.2 Å². The van der Waals surface area contributed by atoms with Crippen molar-refractivity contribution < 1.29 is 8.42 Å². The van der Waals surface area contributed by atoms with Crippen LogP contribution in [0, 0.1) is 9.81 Å². The van der Waals surface area contributed by atoms with Crippen LogP contribution in [0.2, 0.25) is 0 Å². The molecule has 1 heterocycles. The average Bonchev–Trinajstić information content (AvgIpc) is 2.88. The van der Waals surface area contributed by atoms with Crippen molar-refractivity contribution in [1.29, 1.82) is 0 Å². The van der Waals surface area contributed by atoms with E-state index in [-0.39, 0.29) is 5.75 Å². The normalized spacial score (nSPS) is 11.8. The van der Waals surface area contributed by atoms with Gasteiger partial charge in [0.25, 0.3) is 10.0 Å². The number of aromatic nitrogens is 1. The van der Waals surface area contributed by atoms with Gasteiger partial charge in [0.2, 0.25) is 0 Å². The quantitative estimate of drug-likeness (QED) is 0.531. The van der Waals surface area contributed by atoms with Gasteiger partial charge in [0.15, 0.2) is 0 Å². The van der Waals surface area contributed by atoms with Crippen molar-refractivity contribution in [3.05, 3.63) is 45.3 Å². The van der Waals surface area contributed by atoms with Gasteiger partial charge in [-0.15, -0.1) is 9.81 Å². The minimum atomic E-state index is -3.82. The molecule has 0 aliphatic rings. The molecule has 1 aromatic carbocycles. The van der Waals surface area contributed by atoms with Crippen LogP contribution in [0.1, 0.15) is 11.1 Å². The van der Waals surface area contributed by atoms with Gasteiger partial charge >= 0.3 is 0 Å². The van der Waals surface area contributed by atoms with Crippen LogP contribution in [0.15, 0.2) is 35.0 Å². The van der Waals surface area contributed by atoms with Crippen LogP contribution in [0.25, 0.3) is 10.9 Å². The molecule has 2 aromatic rings. The molecule has 2 rings (SSSR count). The molecule has 0 aliphatic heterocycles. The van der Waals surface area contributed by atoms with Crippen LogP contribution in [-0.4, -0.2) is 50.1 Å². The average molecular weight is 353 g/mol. The number of hydrogen-bond donors (Lipinski definition) is 0. The Morgan fingerprint density at radius 2 is 1.88 bits per heavy atom. The van der Waals surface area contributed by atoms with Crippen molar-refractivity contribution in [2.24, 2.45) is 10.6 Å². The fourth-order valence-corrected chi connectivity index (χ4v) is 3.27. The number of benzene rings is 1. The van der Waals surface area contributed by atoms with E-state index >= 15 is 0 Å². The summed E-state index contributed by atoms with van der Waals surface area (Å²) in [5, 5.41) is 6.16. The minimum Gasteiger partial charge on any atom is -0.309 e. The molecule has 0 atom stereocenters. The minimum absolute atomic E-state index is 0.349. The lowest BCUT2D eigenvalue weighted by atomic mass is 10.1. The lowest BCUT2D eigenvalue weighted by molar-refractivity contribution is 0.414. The van der Waals surface area contributed by atoms with Gasteiger partial charge in [0.1, 0.15) is 0 Å². The molecule has 130 valence electrons. The topological polar surface area (TPSA) is 104 Å². The molecule has 1 aromatic heterocycles. The Bertz CT molecular complexity index is 859. The molecule has 10 heteroatoms. The van der Waals surface area contributed by atoms with Gasteiger partial charge in [0.05, 0.1) is 21.8 Å². The summed E-state index contributed by atoms with van der Waals surface area (Å²) in [6, 6.07) is 4.95. The number of fused-ring (bicyclic) bond motifs is 1. The monoisotopic (exact) mass is 353 g/mol. The third-order valence-electron chi connectivity index (χ3n) is 3.71. The summed E-state index contributed by atoms with van der Waals surface area (Å²) >= 11 is 0. The predicted octanol–water partition coefficient (Wildman–Crippen LogP) is 1.72. The second-order valence-corrected chi connectivity index (χ2v) is 7.74. The zero-order valence-electron chi connectivity index (χ0n) is 13.7. The largest absolute Gasteiger partial charge is 0.309 e. The van der Waals surface area contributed by atoms with E-state index in [4.69, 9.17) is 0 Å². The van der Waals surface area contributed by atoms with Gasteiger partial charge in [0, 0.05) is 25.2 Å². The number of hydrogen-bond acceptors (Lipinski definition) is 7. The molecular formula is C14H19N5O4S. The van der Waals surface area contributed by atoms with E-state index in [1.807, 2.05) is 19.0 Å². The highest BCUT2D eigenvalue weighted by Crippen LogP contribution is 2.25. The van der Waals surface area contributed by atoms with E-state index in [1.54, 1.807) is 24.4 Å². The lowest BCUT2D eigenvalue weighted by Crippen LogP contribution is -2.22. The molecule has 0 radical (unpaired) electrons. The summed E-state index contributed by atoms with van der Waals surface area (Å²) in [5.41, 5.74) is 2.02. The Morgan fingerprint density at radius 3 is 2.46 bits per heavy atom. The molecule has 0 unspecified atom stereocenters. The summed E-state index contributed by atoms with van der Waals surface area (Å²) in [4.78, 5) is 23.4. The van der Waals surface area contributed by atoms with E-state index in [0.29, 0.717) is 21.9 Å². The van der Waals surface area contributed by atoms with Gasteiger partial charge in [-0.2, -0.15) is 4.41 Å². The molecule has 0 N–H and O–H groups in total. The maximum Gasteiger partial charge on any atom is 0.256 e. The lowest BCUT2D eigenvalue weighted by Gasteiger charge is -2.10. The highest BCUT2D eigenvalue weighted by Gasteiger charge is 2.19. The van der Waals surface area contributed by atoms with Gasteiger partial charge in [-0.25, -0.2) is 13.1 Å². The van der Waals surface area contributed by atoms with E-state index in [0.717, 1.165) is 24.5 Å². The SMILES string of the molecule is CN(C)CCc1cn(N=O)c2ccc(CS(=O)(=O)N(C)N=O)cc12. The fourth-order valence-electron chi connectivity index (χ4n) is 2.38. The predicted molar refractivity (Wildman–Crippen MR) is 91.6 cm³/mol. The fraction of sp³-hybridized carbons (Fsp3) is 0.429. The number of likely N-dealkylation sites (N-methyl/N-ethyl adjacent to an activating group) is 1. The zero-order valence-corrected chi connectivity index (χ0v) is 14.5. The van der Waals surface area contributed by atoms with Crippen LogP contribution in [0.4, 0.5) is 0 Å². The Hall–Kier alpha value is -2.33. The highest BCUT2D eigenvalue weighted by atomic mass is 32.2. The van der Waals surface area contributed by atoms with E-state index in [9.17, 15) is 18.2 Å². The van der Waals surface area contributed by atoms with Crippen LogP contribution in [-0.2, 0) is 22.2 Å². The Labute approximate surface area is 139 Å². The first-order chi connectivity index (χ1) is 11.3. The molecule has 0 saturated carbocycles. The molecule has 0 fully saturated rings. The smallest absolute Gasteiger partial charge is 0.256 e. The van der Waals surface area contributed by atoms with Crippen molar-refractivity contribution in [1.82, 2.24) is 14.0 Å². The number of sulfonamides is 1. The highest BCUT2D eigenvalue weighted by molar-refractivity contribution is 7.88. The van der Waals surface area contributed by atoms with E-state index in [1.165, 1.54) is 4.68 Å². The summed E-state index contributed by atoms with van der Waals surface area (Å²) in [6.45, 7) is 0.776.